The second-order valence-electron chi connectivity index (χ2n) is 5.91. The van der Waals surface area contributed by atoms with E-state index in [4.69, 9.17) is 5.11 Å². The molecule has 0 aromatic heterocycles. The summed E-state index contributed by atoms with van der Waals surface area (Å²) < 4.78 is 0. The lowest BCUT2D eigenvalue weighted by Crippen LogP contribution is -2.17. The van der Waals surface area contributed by atoms with Gasteiger partial charge in [-0.15, -0.1) is 0 Å². The van der Waals surface area contributed by atoms with Crippen LogP contribution < -0.4 is 0 Å². The second-order valence-corrected chi connectivity index (χ2v) is 5.91. The van der Waals surface area contributed by atoms with Crippen LogP contribution in [0.15, 0.2) is 11.6 Å². The maximum absolute atomic E-state index is 9.60. The van der Waals surface area contributed by atoms with E-state index in [1.165, 1.54) is 5.57 Å². The molecule has 0 aliphatic carbocycles. The minimum Gasteiger partial charge on any atom is -0.396 e. The van der Waals surface area contributed by atoms with Crippen LogP contribution in [0.25, 0.3) is 0 Å². The first-order valence-corrected chi connectivity index (χ1v) is 6.84. The van der Waals surface area contributed by atoms with E-state index in [1.807, 2.05) is 13.8 Å². The summed E-state index contributed by atoms with van der Waals surface area (Å²) in [4.78, 5) is 0. The van der Waals surface area contributed by atoms with E-state index in [1.54, 1.807) is 0 Å². The number of allylic oxidation sites excluding steroid dienone is 2. The van der Waals surface area contributed by atoms with Gasteiger partial charge in [0, 0.05) is 6.61 Å². The van der Waals surface area contributed by atoms with Gasteiger partial charge in [-0.3, -0.25) is 0 Å². The number of hydrogen-bond acceptors (Lipinski definition) is 2. The van der Waals surface area contributed by atoms with Crippen LogP contribution in [0.5, 0.6) is 0 Å². The fourth-order valence-corrected chi connectivity index (χ4v) is 1.88. The Bertz CT molecular complexity index is 213. The van der Waals surface area contributed by atoms with Crippen LogP contribution in [0.3, 0.4) is 0 Å². The summed E-state index contributed by atoms with van der Waals surface area (Å²) in [6.07, 6.45) is 8.47. The molecular weight excluding hydrogens is 212 g/mol. The molecule has 102 valence electrons. The highest BCUT2D eigenvalue weighted by Gasteiger charge is 2.11. The topological polar surface area (TPSA) is 40.5 Å². The molecular formula is C15H30O2. The second kappa shape index (κ2) is 8.71. The average molecular weight is 242 g/mol. The molecule has 0 radical (unpaired) electrons. The lowest BCUT2D eigenvalue weighted by Gasteiger charge is -2.16. The van der Waals surface area contributed by atoms with E-state index in [-0.39, 0.29) is 0 Å². The first-order chi connectivity index (χ1) is 7.85. The maximum atomic E-state index is 9.60. The molecule has 1 unspecified atom stereocenters. The number of hydrogen-bond donors (Lipinski definition) is 2. The summed E-state index contributed by atoms with van der Waals surface area (Å²) >= 11 is 0. The third-order valence-corrected chi connectivity index (χ3v) is 3.13. The number of aliphatic hydroxyl groups is 2. The lowest BCUT2D eigenvalue weighted by molar-refractivity contribution is 0.0689. The molecule has 0 rings (SSSR count). The molecule has 17 heavy (non-hydrogen) atoms. The highest BCUT2D eigenvalue weighted by molar-refractivity contribution is 4.98. The predicted octanol–water partition coefficient (Wildman–Crippen LogP) is 3.67. The molecule has 1 atom stereocenters. The van der Waals surface area contributed by atoms with Crippen molar-refractivity contribution in [2.24, 2.45) is 5.92 Å². The molecule has 0 aromatic carbocycles. The molecule has 2 N–H and O–H groups in total. The summed E-state index contributed by atoms with van der Waals surface area (Å²) in [6, 6.07) is 0. The third kappa shape index (κ3) is 11.9. The van der Waals surface area contributed by atoms with Crippen molar-refractivity contribution in [1.29, 1.82) is 0 Å². The van der Waals surface area contributed by atoms with Gasteiger partial charge in [-0.1, -0.05) is 18.6 Å². The summed E-state index contributed by atoms with van der Waals surface area (Å²) in [5, 5.41) is 18.4. The van der Waals surface area contributed by atoms with Gasteiger partial charge in [-0.25, -0.2) is 0 Å². The van der Waals surface area contributed by atoms with Crippen LogP contribution >= 0.6 is 0 Å². The smallest absolute Gasteiger partial charge is 0.0591 e. The maximum Gasteiger partial charge on any atom is 0.0591 e. The van der Waals surface area contributed by atoms with Crippen molar-refractivity contribution in [1.82, 2.24) is 0 Å². The third-order valence-electron chi connectivity index (χ3n) is 3.13. The fraction of sp³-hybridized carbons (Fsp3) is 0.867. The quantitative estimate of drug-likeness (QED) is 0.606. The molecule has 0 spiro atoms. The summed E-state index contributed by atoms with van der Waals surface area (Å²) in [6.45, 7) is 8.38. The Hall–Kier alpha value is -0.340. The SMILES string of the molecule is C/C(=C\CCC(C)CCO)CCCC(C)(C)O. The van der Waals surface area contributed by atoms with Gasteiger partial charge in [0.25, 0.3) is 0 Å². The zero-order valence-corrected chi connectivity index (χ0v) is 12.0. The molecule has 2 nitrogen and oxygen atoms in total. The Morgan fingerprint density at radius 2 is 1.94 bits per heavy atom. The van der Waals surface area contributed by atoms with Gasteiger partial charge in [0.2, 0.25) is 0 Å². The molecule has 0 saturated carbocycles. The van der Waals surface area contributed by atoms with Crippen LogP contribution in [-0.2, 0) is 0 Å². The molecule has 2 heteroatoms. The van der Waals surface area contributed by atoms with Gasteiger partial charge in [0.15, 0.2) is 0 Å². The molecule has 0 aromatic rings. The first-order valence-electron chi connectivity index (χ1n) is 6.84. The lowest BCUT2D eigenvalue weighted by atomic mass is 9.98. The van der Waals surface area contributed by atoms with E-state index in [0.717, 1.165) is 38.5 Å². The molecule has 0 bridgehead atoms. The van der Waals surface area contributed by atoms with Crippen LogP contribution in [-0.4, -0.2) is 22.4 Å². The molecule has 0 aliphatic heterocycles. The van der Waals surface area contributed by atoms with Gasteiger partial charge >= 0.3 is 0 Å². The molecule has 0 amide bonds. The Kier molecular flexibility index (Phi) is 8.53. The zero-order chi connectivity index (χ0) is 13.3. The van der Waals surface area contributed by atoms with E-state index in [9.17, 15) is 5.11 Å². The van der Waals surface area contributed by atoms with Crippen molar-refractivity contribution in [2.75, 3.05) is 6.61 Å². The summed E-state index contributed by atoms with van der Waals surface area (Å²) in [7, 11) is 0. The van der Waals surface area contributed by atoms with Gasteiger partial charge in [0.05, 0.1) is 5.60 Å². The fourth-order valence-electron chi connectivity index (χ4n) is 1.88. The zero-order valence-electron chi connectivity index (χ0n) is 12.0. The van der Waals surface area contributed by atoms with Gasteiger partial charge in [-0.2, -0.15) is 0 Å². The van der Waals surface area contributed by atoms with Crippen LogP contribution in [0, 0.1) is 5.92 Å². The first kappa shape index (κ1) is 16.7. The monoisotopic (exact) mass is 242 g/mol. The number of aliphatic hydroxyl groups excluding tert-OH is 1. The molecule has 0 fully saturated rings. The minimum atomic E-state index is -0.532. The van der Waals surface area contributed by atoms with Crippen molar-refractivity contribution in [2.45, 2.75) is 71.8 Å². The van der Waals surface area contributed by atoms with Gasteiger partial charge in [-0.05, 0) is 65.2 Å². The van der Waals surface area contributed by atoms with Crippen molar-refractivity contribution < 1.29 is 10.2 Å². The van der Waals surface area contributed by atoms with Crippen molar-refractivity contribution in [3.63, 3.8) is 0 Å². The minimum absolute atomic E-state index is 0.301. The van der Waals surface area contributed by atoms with Gasteiger partial charge < -0.3 is 10.2 Å². The average Bonchev–Trinajstić information content (AvgIpc) is 2.16. The van der Waals surface area contributed by atoms with E-state index < -0.39 is 5.60 Å². The largest absolute Gasteiger partial charge is 0.396 e. The number of rotatable bonds is 9. The standard InChI is InChI=1S/C15H30O2/c1-13(9-6-11-15(3,4)17)7-5-8-14(2)10-12-16/h7,14,16-17H,5-6,8-12H2,1-4H3/b13-7+. The summed E-state index contributed by atoms with van der Waals surface area (Å²) in [5.41, 5.74) is 0.890. The van der Waals surface area contributed by atoms with Crippen LogP contribution in [0.4, 0.5) is 0 Å². The predicted molar refractivity (Wildman–Crippen MR) is 74.0 cm³/mol. The Morgan fingerprint density at radius 1 is 1.29 bits per heavy atom. The Labute approximate surface area is 107 Å². The van der Waals surface area contributed by atoms with E-state index in [0.29, 0.717) is 12.5 Å². The van der Waals surface area contributed by atoms with Crippen LogP contribution in [0.1, 0.15) is 66.2 Å². The van der Waals surface area contributed by atoms with E-state index in [2.05, 4.69) is 19.9 Å². The Morgan fingerprint density at radius 3 is 2.47 bits per heavy atom. The van der Waals surface area contributed by atoms with Crippen LogP contribution in [0.2, 0.25) is 0 Å². The molecule has 0 aliphatic rings. The summed E-state index contributed by atoms with van der Waals surface area (Å²) in [5.74, 6) is 0.612. The van der Waals surface area contributed by atoms with Crippen molar-refractivity contribution >= 4 is 0 Å². The molecule has 0 heterocycles. The highest BCUT2D eigenvalue weighted by Crippen LogP contribution is 2.17. The Balaban J connectivity index is 3.65. The van der Waals surface area contributed by atoms with E-state index >= 15 is 0 Å². The normalized spacial score (nSPS) is 15.1. The van der Waals surface area contributed by atoms with Gasteiger partial charge in [0.1, 0.15) is 0 Å². The molecule has 0 saturated heterocycles. The van der Waals surface area contributed by atoms with Crippen molar-refractivity contribution in [3.05, 3.63) is 11.6 Å². The highest BCUT2D eigenvalue weighted by atomic mass is 16.3. The van der Waals surface area contributed by atoms with Crippen molar-refractivity contribution in [3.8, 4) is 0 Å².